The highest BCUT2D eigenvalue weighted by Gasteiger charge is 2.23. The lowest BCUT2D eigenvalue weighted by Gasteiger charge is -2.16. The maximum absolute atomic E-state index is 12.2. The van der Waals surface area contributed by atoms with Crippen LogP contribution in [0.2, 0.25) is 0 Å². The second-order valence-electron chi connectivity index (χ2n) is 13.7. The minimum absolute atomic E-state index is 0.0170. The van der Waals surface area contributed by atoms with E-state index < -0.39 is 5.41 Å². The summed E-state index contributed by atoms with van der Waals surface area (Å²) in [6.45, 7) is 17.1. The molecule has 2 aromatic rings. The van der Waals surface area contributed by atoms with E-state index in [1.165, 1.54) is 0 Å². The lowest BCUT2D eigenvalue weighted by molar-refractivity contribution is -0.154. The van der Waals surface area contributed by atoms with Crippen LogP contribution < -0.4 is 0 Å². The SMILES string of the molecule is CC(C)(C)C(=O)OCc1ccc(CC(=O)COCC(=O)CCCOCCOCCOCCOCCOCCn2cc(C(C)(C)C)nn2)cc1. The van der Waals surface area contributed by atoms with Crippen LogP contribution in [0, 0.1) is 5.41 Å². The van der Waals surface area contributed by atoms with Gasteiger partial charge in [0.2, 0.25) is 0 Å². The fourth-order valence-corrected chi connectivity index (χ4v) is 4.01. The molecular formula is C36H57N3O10. The van der Waals surface area contributed by atoms with E-state index in [0.29, 0.717) is 85.5 Å². The molecule has 2 rings (SSSR count). The summed E-state index contributed by atoms with van der Waals surface area (Å²) in [4.78, 5) is 36.2. The minimum Gasteiger partial charge on any atom is -0.460 e. The monoisotopic (exact) mass is 691 g/mol. The average Bonchev–Trinajstić information content (AvgIpc) is 3.53. The van der Waals surface area contributed by atoms with E-state index in [1.54, 1.807) is 25.5 Å². The van der Waals surface area contributed by atoms with Gasteiger partial charge in [0.05, 0.1) is 77.1 Å². The Balaban J connectivity index is 1.32. The van der Waals surface area contributed by atoms with E-state index in [2.05, 4.69) is 31.1 Å². The Hall–Kier alpha value is -3.07. The van der Waals surface area contributed by atoms with Crippen LogP contribution in [0.4, 0.5) is 0 Å². The van der Waals surface area contributed by atoms with Gasteiger partial charge in [0.1, 0.15) is 19.8 Å². The number of carbonyl (C=O) groups excluding carboxylic acids is 3. The van der Waals surface area contributed by atoms with Crippen molar-refractivity contribution in [3.8, 4) is 0 Å². The number of ketones is 2. The smallest absolute Gasteiger partial charge is 0.311 e. The molecule has 0 amide bonds. The third-order valence-electron chi connectivity index (χ3n) is 6.94. The number of ether oxygens (including phenoxy) is 7. The molecule has 13 nitrogen and oxygen atoms in total. The fraction of sp³-hybridized carbons (Fsp3) is 0.694. The number of nitrogens with zero attached hydrogens (tertiary/aromatic N) is 3. The summed E-state index contributed by atoms with van der Waals surface area (Å²) in [6.07, 6.45) is 3.05. The Kier molecular flexibility index (Phi) is 20.1. The number of esters is 1. The number of carbonyl (C=O) groups is 3. The number of hydrogen-bond acceptors (Lipinski definition) is 12. The summed E-state index contributed by atoms with van der Waals surface area (Å²) in [5.74, 6) is -0.459. The number of rotatable bonds is 27. The van der Waals surface area contributed by atoms with E-state index in [9.17, 15) is 14.4 Å². The van der Waals surface area contributed by atoms with Crippen LogP contribution in [-0.2, 0) is 72.5 Å². The lowest BCUT2D eigenvalue weighted by atomic mass is 9.93. The first-order valence-electron chi connectivity index (χ1n) is 17.0. The summed E-state index contributed by atoms with van der Waals surface area (Å²) in [5.41, 5.74) is 2.06. The van der Waals surface area contributed by atoms with Gasteiger partial charge in [-0.15, -0.1) is 5.10 Å². The van der Waals surface area contributed by atoms with Gasteiger partial charge in [0, 0.05) is 31.1 Å². The average molecular weight is 692 g/mol. The number of benzene rings is 1. The highest BCUT2D eigenvalue weighted by atomic mass is 16.6. The zero-order chi connectivity index (χ0) is 36.0. The van der Waals surface area contributed by atoms with Crippen molar-refractivity contribution < 1.29 is 47.5 Å². The van der Waals surface area contributed by atoms with Gasteiger partial charge in [-0.1, -0.05) is 50.3 Å². The van der Waals surface area contributed by atoms with Crippen molar-refractivity contribution in [3.63, 3.8) is 0 Å². The lowest BCUT2D eigenvalue weighted by Crippen LogP contribution is -2.22. The molecule has 49 heavy (non-hydrogen) atoms. The molecule has 0 saturated heterocycles. The summed E-state index contributed by atoms with van der Waals surface area (Å²) < 4.78 is 40.0. The van der Waals surface area contributed by atoms with Crippen LogP contribution in [0.1, 0.15) is 71.2 Å². The molecule has 1 heterocycles. The standard InChI is InChI=1S/C36H57N3O10/c1-35(2,3)33-25-39(38-37-33)13-15-44-17-19-46-21-23-47-22-20-45-18-16-43-14-7-8-31(40)27-48-28-32(41)24-29-9-11-30(12-10-29)26-49-34(42)36(4,5)6/h9-12,25H,7-8,13-24,26-28H2,1-6H3. The highest BCUT2D eigenvalue weighted by Crippen LogP contribution is 2.19. The fourth-order valence-electron chi connectivity index (χ4n) is 4.01. The maximum atomic E-state index is 12.2. The van der Waals surface area contributed by atoms with Gasteiger partial charge in [-0.05, 0) is 38.3 Å². The molecule has 1 aromatic heterocycles. The van der Waals surface area contributed by atoms with Crippen molar-refractivity contribution in [3.05, 3.63) is 47.3 Å². The summed E-state index contributed by atoms with van der Waals surface area (Å²) in [5, 5.41) is 8.31. The van der Waals surface area contributed by atoms with E-state index >= 15 is 0 Å². The predicted molar refractivity (Wildman–Crippen MR) is 182 cm³/mol. The van der Waals surface area contributed by atoms with Crippen LogP contribution in [0.25, 0.3) is 0 Å². The van der Waals surface area contributed by atoms with Gasteiger partial charge >= 0.3 is 5.97 Å². The predicted octanol–water partition coefficient (Wildman–Crippen LogP) is 3.93. The number of aromatic nitrogens is 3. The molecule has 276 valence electrons. The number of Topliss-reactive ketones (excluding diaryl/α,β-unsaturated/α-hetero) is 2. The Morgan fingerprint density at radius 3 is 1.69 bits per heavy atom. The molecule has 0 spiro atoms. The first-order valence-corrected chi connectivity index (χ1v) is 17.0. The molecule has 13 heteroatoms. The maximum Gasteiger partial charge on any atom is 0.311 e. The molecule has 1 aromatic carbocycles. The van der Waals surface area contributed by atoms with Crippen molar-refractivity contribution in [1.82, 2.24) is 15.0 Å². The Morgan fingerprint density at radius 1 is 0.653 bits per heavy atom. The minimum atomic E-state index is -0.553. The van der Waals surface area contributed by atoms with Crippen molar-refractivity contribution in [1.29, 1.82) is 0 Å². The first kappa shape index (κ1) is 42.1. The molecule has 0 atom stereocenters. The van der Waals surface area contributed by atoms with Crippen molar-refractivity contribution in [2.45, 2.75) is 79.4 Å². The van der Waals surface area contributed by atoms with E-state index in [4.69, 9.17) is 33.2 Å². The first-order chi connectivity index (χ1) is 23.3. The molecule has 0 radical (unpaired) electrons. The number of hydrogen-bond donors (Lipinski definition) is 0. The van der Waals surface area contributed by atoms with Gasteiger partial charge in [-0.25, -0.2) is 4.68 Å². The van der Waals surface area contributed by atoms with Crippen LogP contribution in [0.5, 0.6) is 0 Å². The highest BCUT2D eigenvalue weighted by molar-refractivity contribution is 5.83. The van der Waals surface area contributed by atoms with Gasteiger partial charge in [0.25, 0.3) is 0 Å². The van der Waals surface area contributed by atoms with Gasteiger partial charge in [-0.2, -0.15) is 0 Å². The molecule has 0 unspecified atom stereocenters. The Labute approximate surface area is 291 Å². The molecule has 0 N–H and O–H groups in total. The van der Waals surface area contributed by atoms with Crippen molar-refractivity contribution in [2.75, 3.05) is 79.3 Å². The molecule has 0 aliphatic carbocycles. The van der Waals surface area contributed by atoms with Gasteiger partial charge in [0.15, 0.2) is 11.6 Å². The molecule has 0 aliphatic heterocycles. The summed E-state index contributed by atoms with van der Waals surface area (Å²) in [6, 6.07) is 7.31. The van der Waals surface area contributed by atoms with E-state index in [1.807, 2.05) is 30.5 Å². The zero-order valence-electron chi connectivity index (χ0n) is 30.3. The zero-order valence-corrected chi connectivity index (χ0v) is 30.3. The second-order valence-corrected chi connectivity index (χ2v) is 13.7. The van der Waals surface area contributed by atoms with E-state index in [0.717, 1.165) is 16.8 Å². The van der Waals surface area contributed by atoms with Crippen molar-refractivity contribution >= 4 is 17.5 Å². The van der Waals surface area contributed by atoms with Crippen LogP contribution in [-0.4, -0.2) is 112 Å². The van der Waals surface area contributed by atoms with Crippen molar-refractivity contribution in [2.24, 2.45) is 5.41 Å². The Bertz CT molecular complexity index is 1220. The van der Waals surface area contributed by atoms with Gasteiger partial charge in [-0.3, -0.25) is 14.4 Å². The normalized spacial score (nSPS) is 12.0. The topological polar surface area (TPSA) is 147 Å². The Morgan fingerprint density at radius 2 is 1.16 bits per heavy atom. The third kappa shape index (κ3) is 20.3. The third-order valence-corrected chi connectivity index (χ3v) is 6.94. The quantitative estimate of drug-likeness (QED) is 0.0988. The molecule has 0 saturated carbocycles. The molecule has 0 aliphatic rings. The van der Waals surface area contributed by atoms with Crippen LogP contribution in [0.3, 0.4) is 0 Å². The summed E-state index contributed by atoms with van der Waals surface area (Å²) in [7, 11) is 0. The van der Waals surface area contributed by atoms with Crippen LogP contribution in [0.15, 0.2) is 30.5 Å². The molecule has 0 bridgehead atoms. The molecular weight excluding hydrogens is 634 g/mol. The van der Waals surface area contributed by atoms with Crippen LogP contribution >= 0.6 is 0 Å². The van der Waals surface area contributed by atoms with E-state index in [-0.39, 0.29) is 49.2 Å². The summed E-state index contributed by atoms with van der Waals surface area (Å²) >= 11 is 0. The molecule has 0 fully saturated rings. The largest absolute Gasteiger partial charge is 0.460 e. The van der Waals surface area contributed by atoms with Gasteiger partial charge < -0.3 is 33.2 Å². The second kappa shape index (κ2) is 23.4.